The molecule has 0 spiro atoms. The molecule has 2 aromatic rings. The summed E-state index contributed by atoms with van der Waals surface area (Å²) in [6, 6.07) is 11.5. The molecule has 0 bridgehead atoms. The zero-order valence-electron chi connectivity index (χ0n) is 14.3. The molecule has 0 aliphatic carbocycles. The van der Waals surface area contributed by atoms with Crippen molar-refractivity contribution in [2.75, 3.05) is 6.61 Å². The first-order valence-electron chi connectivity index (χ1n) is 7.96. The van der Waals surface area contributed by atoms with Crippen LogP contribution in [0.1, 0.15) is 5.56 Å². The van der Waals surface area contributed by atoms with Crippen molar-refractivity contribution in [2.45, 2.75) is 27.3 Å². The Balaban J connectivity index is 2.03. The predicted octanol–water partition coefficient (Wildman–Crippen LogP) is 2.88. The summed E-state index contributed by atoms with van der Waals surface area (Å²) >= 11 is -2.20. The van der Waals surface area contributed by atoms with Gasteiger partial charge in [0.05, 0.1) is 0 Å². The third-order valence-electron chi connectivity index (χ3n) is 3.68. The number of carbonyl (C=O) groups is 1. The van der Waals surface area contributed by atoms with E-state index in [1.807, 2.05) is 42.6 Å². The summed E-state index contributed by atoms with van der Waals surface area (Å²) in [5.74, 6) is 0.698. The molecule has 2 rings (SSSR count). The summed E-state index contributed by atoms with van der Waals surface area (Å²) in [7, 11) is 0. The Morgan fingerprint density at radius 3 is 2.58 bits per heavy atom. The van der Waals surface area contributed by atoms with Crippen LogP contribution >= 0.6 is 0 Å². The summed E-state index contributed by atoms with van der Waals surface area (Å²) in [5, 5.41) is 11.6. The van der Waals surface area contributed by atoms with Gasteiger partial charge in [0.15, 0.2) is 0 Å². The SMILES string of the molecule is [CH3][Sn]([CH3])([CH3])[c]1cncc(OCC(Cc2ccccc2)NC(=O)O)c1. The van der Waals surface area contributed by atoms with Crippen LogP contribution in [0.3, 0.4) is 0 Å². The van der Waals surface area contributed by atoms with Crippen molar-refractivity contribution < 1.29 is 14.6 Å². The number of aromatic nitrogens is 1. The number of pyridine rings is 1. The van der Waals surface area contributed by atoms with E-state index in [4.69, 9.17) is 9.84 Å². The van der Waals surface area contributed by atoms with E-state index in [9.17, 15) is 4.79 Å². The van der Waals surface area contributed by atoms with Crippen molar-refractivity contribution in [3.8, 4) is 5.75 Å². The number of ether oxygens (including phenoxy) is 1. The molecule has 0 radical (unpaired) electrons. The van der Waals surface area contributed by atoms with Gasteiger partial charge in [0, 0.05) is 0 Å². The number of amides is 1. The molecule has 1 heterocycles. The monoisotopic (exact) mass is 436 g/mol. The van der Waals surface area contributed by atoms with Crippen molar-refractivity contribution in [1.29, 1.82) is 0 Å². The fraction of sp³-hybridized carbons (Fsp3) is 0.333. The fourth-order valence-corrected chi connectivity index (χ4v) is 5.29. The van der Waals surface area contributed by atoms with Gasteiger partial charge in [-0.3, -0.25) is 0 Å². The first kappa shape index (κ1) is 18.6. The number of rotatable bonds is 7. The van der Waals surface area contributed by atoms with Gasteiger partial charge >= 0.3 is 147 Å². The molecule has 1 aromatic carbocycles. The minimum absolute atomic E-state index is 0.270. The van der Waals surface area contributed by atoms with Crippen molar-refractivity contribution in [3.05, 3.63) is 54.4 Å². The Hall–Kier alpha value is -1.76. The number of carboxylic acid groups (broad SMARTS) is 1. The van der Waals surface area contributed by atoms with Crippen molar-refractivity contribution >= 4 is 28.0 Å². The average Bonchev–Trinajstić information content (AvgIpc) is 2.52. The number of hydrogen-bond donors (Lipinski definition) is 2. The molecular weight excluding hydrogens is 411 g/mol. The van der Waals surface area contributed by atoms with E-state index in [0.29, 0.717) is 12.2 Å². The fourth-order valence-electron chi connectivity index (χ4n) is 2.33. The zero-order chi connectivity index (χ0) is 17.6. The molecule has 5 nitrogen and oxygen atoms in total. The van der Waals surface area contributed by atoms with Gasteiger partial charge in [-0.15, -0.1) is 0 Å². The molecule has 1 amide bonds. The van der Waals surface area contributed by atoms with Crippen LogP contribution in [0, 0.1) is 0 Å². The van der Waals surface area contributed by atoms with Gasteiger partial charge in [-0.05, 0) is 0 Å². The molecule has 24 heavy (non-hydrogen) atoms. The summed E-state index contributed by atoms with van der Waals surface area (Å²) in [6.45, 7) is 0.270. The second-order valence-corrected chi connectivity index (χ2v) is 21.3. The third-order valence-corrected chi connectivity index (χ3v) is 9.41. The predicted molar refractivity (Wildman–Crippen MR) is 97.8 cm³/mol. The number of nitrogens with one attached hydrogen (secondary N) is 1. The molecule has 1 atom stereocenters. The van der Waals surface area contributed by atoms with Crippen LogP contribution in [0.4, 0.5) is 4.79 Å². The van der Waals surface area contributed by atoms with Gasteiger partial charge in [0.1, 0.15) is 0 Å². The van der Waals surface area contributed by atoms with Crippen LogP contribution in [-0.4, -0.2) is 47.2 Å². The van der Waals surface area contributed by atoms with E-state index >= 15 is 0 Å². The Bertz CT molecular complexity index is 671. The molecule has 2 N–H and O–H groups in total. The van der Waals surface area contributed by atoms with Crippen LogP contribution < -0.4 is 13.6 Å². The Morgan fingerprint density at radius 1 is 1.25 bits per heavy atom. The van der Waals surface area contributed by atoms with Gasteiger partial charge in [-0.2, -0.15) is 0 Å². The van der Waals surface area contributed by atoms with E-state index in [2.05, 4.69) is 25.1 Å². The second kappa shape index (κ2) is 8.37. The van der Waals surface area contributed by atoms with E-state index < -0.39 is 24.5 Å². The molecule has 0 saturated heterocycles. The van der Waals surface area contributed by atoms with Gasteiger partial charge in [-0.25, -0.2) is 0 Å². The first-order chi connectivity index (χ1) is 11.3. The van der Waals surface area contributed by atoms with Crippen molar-refractivity contribution in [3.63, 3.8) is 0 Å². The topological polar surface area (TPSA) is 71.5 Å². The van der Waals surface area contributed by atoms with Crippen LogP contribution in [0.2, 0.25) is 14.8 Å². The quantitative estimate of drug-likeness (QED) is 0.657. The first-order valence-corrected chi connectivity index (χ1v) is 18.0. The minimum atomic E-state index is -2.20. The van der Waals surface area contributed by atoms with E-state index in [1.54, 1.807) is 6.20 Å². The van der Waals surface area contributed by atoms with E-state index in [1.165, 1.54) is 3.58 Å². The van der Waals surface area contributed by atoms with Gasteiger partial charge < -0.3 is 0 Å². The summed E-state index contributed by atoms with van der Waals surface area (Å²) in [6.07, 6.45) is 3.14. The average molecular weight is 435 g/mol. The van der Waals surface area contributed by atoms with Gasteiger partial charge in [-0.1, -0.05) is 0 Å². The van der Waals surface area contributed by atoms with Gasteiger partial charge in [0.2, 0.25) is 0 Å². The molecular formula is C18H24N2O3Sn. The summed E-state index contributed by atoms with van der Waals surface area (Å²) in [4.78, 5) is 22.2. The Labute approximate surface area is 146 Å². The van der Waals surface area contributed by atoms with Crippen LogP contribution in [0.5, 0.6) is 5.75 Å². The van der Waals surface area contributed by atoms with Crippen molar-refractivity contribution in [1.82, 2.24) is 10.3 Å². The Kier molecular flexibility index (Phi) is 6.48. The van der Waals surface area contributed by atoms with Crippen LogP contribution in [0.15, 0.2) is 48.8 Å². The molecule has 1 aromatic heterocycles. The maximum absolute atomic E-state index is 11.0. The molecule has 0 aliphatic heterocycles. The number of hydrogen-bond acceptors (Lipinski definition) is 3. The van der Waals surface area contributed by atoms with Crippen LogP contribution in [0.25, 0.3) is 0 Å². The molecule has 0 saturated carbocycles. The normalized spacial score (nSPS) is 12.5. The second-order valence-electron chi connectivity index (χ2n) is 6.81. The maximum atomic E-state index is 11.0. The molecule has 6 heteroatoms. The zero-order valence-corrected chi connectivity index (χ0v) is 17.2. The third kappa shape index (κ3) is 6.03. The van der Waals surface area contributed by atoms with Crippen LogP contribution in [-0.2, 0) is 6.42 Å². The Morgan fingerprint density at radius 2 is 1.96 bits per heavy atom. The molecule has 0 aliphatic rings. The summed E-state index contributed by atoms with van der Waals surface area (Å²) in [5.41, 5.74) is 1.07. The van der Waals surface area contributed by atoms with E-state index in [0.717, 1.165) is 5.56 Å². The standard InChI is InChI=1S/C15H15N2O3.3CH3.Sn/c18-15(19)17-13(9-12-5-2-1-3-6-12)11-20-14-7-4-8-16-10-14;;;;/h1-3,5-8,10,13,17H,9,11H2,(H,18,19);3*1H3;. The van der Waals surface area contributed by atoms with Gasteiger partial charge in [0.25, 0.3) is 0 Å². The summed E-state index contributed by atoms with van der Waals surface area (Å²) < 4.78 is 7.11. The van der Waals surface area contributed by atoms with E-state index in [-0.39, 0.29) is 12.6 Å². The molecule has 128 valence electrons. The molecule has 1 unspecified atom stereocenters. The molecule has 0 fully saturated rings. The van der Waals surface area contributed by atoms with Crippen molar-refractivity contribution in [2.24, 2.45) is 0 Å². The number of nitrogens with zero attached hydrogens (tertiary/aromatic N) is 1. The number of benzene rings is 1.